The predicted molar refractivity (Wildman–Crippen MR) is 73.4 cm³/mol. The molecular weight excluding hydrogens is 244 g/mol. The highest BCUT2D eigenvalue weighted by Gasteiger charge is 2.17. The van der Waals surface area contributed by atoms with Crippen LogP contribution in [-0.2, 0) is 9.53 Å². The number of aromatic hydroxyl groups is 1. The predicted octanol–water partition coefficient (Wildman–Crippen LogP) is 1.12. The molecule has 0 bridgehead atoms. The Bertz CT molecular complexity index is 430. The van der Waals surface area contributed by atoms with Gasteiger partial charge in [0.05, 0.1) is 6.10 Å². The van der Waals surface area contributed by atoms with Gasteiger partial charge in [-0.3, -0.25) is 4.79 Å². The molecule has 0 unspecified atom stereocenters. The Morgan fingerprint density at radius 1 is 1.47 bits per heavy atom. The van der Waals surface area contributed by atoms with E-state index >= 15 is 0 Å². The molecule has 19 heavy (non-hydrogen) atoms. The Kier molecular flexibility index (Phi) is 4.76. The van der Waals surface area contributed by atoms with Crippen molar-refractivity contribution in [2.75, 3.05) is 31.6 Å². The second-order valence-electron chi connectivity index (χ2n) is 4.73. The zero-order valence-electron chi connectivity index (χ0n) is 11.1. The van der Waals surface area contributed by atoms with Crippen LogP contribution < -0.4 is 10.2 Å². The van der Waals surface area contributed by atoms with E-state index in [1.807, 2.05) is 0 Å². The van der Waals surface area contributed by atoms with Gasteiger partial charge in [0, 0.05) is 18.8 Å². The summed E-state index contributed by atoms with van der Waals surface area (Å²) < 4.78 is 5.62. The molecule has 104 valence electrons. The maximum atomic E-state index is 12.0. The first kappa shape index (κ1) is 13.8. The number of nitrogens with zero attached hydrogens (tertiary/aromatic N) is 1. The molecule has 0 atom stereocenters. The number of hydrogen-bond donors (Lipinski definition) is 2. The molecule has 2 rings (SSSR count). The standard InChI is InChI=1S/C14H20N2O3/c1-16(11-3-2-4-12(17)9-11)14(18)10-19-13-5-7-15-8-6-13/h2-4,9,13,15,17H,5-8,10H2,1H3. The average molecular weight is 264 g/mol. The average Bonchev–Trinajstić information content (AvgIpc) is 2.45. The van der Waals surface area contributed by atoms with Crippen LogP contribution in [0.4, 0.5) is 5.69 Å². The summed E-state index contributed by atoms with van der Waals surface area (Å²) in [6.45, 7) is 1.97. The maximum Gasteiger partial charge on any atom is 0.252 e. The van der Waals surface area contributed by atoms with Gasteiger partial charge in [-0.05, 0) is 38.1 Å². The van der Waals surface area contributed by atoms with Crippen molar-refractivity contribution >= 4 is 11.6 Å². The maximum absolute atomic E-state index is 12.0. The first-order valence-corrected chi connectivity index (χ1v) is 6.55. The van der Waals surface area contributed by atoms with Gasteiger partial charge in [0.25, 0.3) is 5.91 Å². The van der Waals surface area contributed by atoms with Gasteiger partial charge in [0.1, 0.15) is 12.4 Å². The number of amides is 1. The van der Waals surface area contributed by atoms with Crippen LogP contribution in [0, 0.1) is 0 Å². The van der Waals surface area contributed by atoms with Crippen molar-refractivity contribution in [1.29, 1.82) is 0 Å². The number of nitrogens with one attached hydrogen (secondary N) is 1. The molecule has 5 heteroatoms. The number of hydrogen-bond acceptors (Lipinski definition) is 4. The van der Waals surface area contributed by atoms with Gasteiger partial charge in [0.2, 0.25) is 0 Å². The minimum Gasteiger partial charge on any atom is -0.508 e. The molecule has 1 aromatic carbocycles. The smallest absolute Gasteiger partial charge is 0.252 e. The van der Waals surface area contributed by atoms with Crippen molar-refractivity contribution in [1.82, 2.24) is 5.32 Å². The molecule has 1 fully saturated rings. The van der Waals surface area contributed by atoms with Crippen LogP contribution in [0.1, 0.15) is 12.8 Å². The van der Waals surface area contributed by atoms with E-state index in [2.05, 4.69) is 5.32 Å². The number of phenolic OH excluding ortho intramolecular Hbond substituents is 1. The fourth-order valence-corrected chi connectivity index (χ4v) is 2.09. The molecule has 0 aliphatic carbocycles. The third-order valence-electron chi connectivity index (χ3n) is 3.32. The van der Waals surface area contributed by atoms with Crippen molar-refractivity contribution < 1.29 is 14.6 Å². The van der Waals surface area contributed by atoms with E-state index in [0.717, 1.165) is 25.9 Å². The quantitative estimate of drug-likeness (QED) is 0.855. The highest BCUT2D eigenvalue weighted by atomic mass is 16.5. The van der Waals surface area contributed by atoms with Crippen molar-refractivity contribution in [3.8, 4) is 5.75 Å². The van der Waals surface area contributed by atoms with Crippen LogP contribution in [0.15, 0.2) is 24.3 Å². The number of rotatable bonds is 4. The lowest BCUT2D eigenvalue weighted by Crippen LogP contribution is -2.36. The molecule has 2 N–H and O–H groups in total. The molecule has 1 amide bonds. The summed E-state index contributed by atoms with van der Waals surface area (Å²) in [6, 6.07) is 6.63. The summed E-state index contributed by atoms with van der Waals surface area (Å²) in [5, 5.41) is 12.7. The lowest BCUT2D eigenvalue weighted by Gasteiger charge is -2.24. The van der Waals surface area contributed by atoms with Crippen molar-refractivity contribution in [3.05, 3.63) is 24.3 Å². The largest absolute Gasteiger partial charge is 0.508 e. The summed E-state index contributed by atoms with van der Waals surface area (Å²) in [5.41, 5.74) is 0.666. The van der Waals surface area contributed by atoms with Gasteiger partial charge in [-0.2, -0.15) is 0 Å². The Morgan fingerprint density at radius 3 is 2.89 bits per heavy atom. The zero-order valence-corrected chi connectivity index (χ0v) is 11.1. The van der Waals surface area contributed by atoms with E-state index in [1.54, 1.807) is 31.3 Å². The Morgan fingerprint density at radius 2 is 2.21 bits per heavy atom. The van der Waals surface area contributed by atoms with E-state index in [4.69, 9.17) is 4.74 Å². The summed E-state index contributed by atoms with van der Waals surface area (Å²) in [7, 11) is 1.68. The Labute approximate surface area is 113 Å². The molecular formula is C14H20N2O3. The minimum atomic E-state index is -0.107. The summed E-state index contributed by atoms with van der Waals surface area (Å²) in [6.07, 6.45) is 2.06. The molecule has 0 aromatic heterocycles. The normalized spacial score (nSPS) is 16.3. The number of carbonyl (C=O) groups excluding carboxylic acids is 1. The monoisotopic (exact) mass is 264 g/mol. The van der Waals surface area contributed by atoms with E-state index < -0.39 is 0 Å². The number of carbonyl (C=O) groups is 1. The van der Waals surface area contributed by atoms with E-state index in [0.29, 0.717) is 5.69 Å². The molecule has 1 heterocycles. The topological polar surface area (TPSA) is 61.8 Å². The SMILES string of the molecule is CN(C(=O)COC1CCNCC1)c1cccc(O)c1. The van der Waals surface area contributed by atoms with E-state index in [9.17, 15) is 9.90 Å². The zero-order chi connectivity index (χ0) is 13.7. The summed E-state index contributed by atoms with van der Waals surface area (Å²) in [5.74, 6) is 0.0422. The minimum absolute atomic E-state index is 0.0802. The van der Waals surface area contributed by atoms with Gasteiger partial charge in [0.15, 0.2) is 0 Å². The highest BCUT2D eigenvalue weighted by Crippen LogP contribution is 2.19. The van der Waals surface area contributed by atoms with Crippen LogP contribution >= 0.6 is 0 Å². The van der Waals surface area contributed by atoms with Crippen LogP contribution in [0.3, 0.4) is 0 Å². The molecule has 1 aliphatic rings. The number of anilines is 1. The Balaban J connectivity index is 1.85. The fraction of sp³-hybridized carbons (Fsp3) is 0.500. The van der Waals surface area contributed by atoms with Crippen molar-refractivity contribution in [2.24, 2.45) is 0 Å². The van der Waals surface area contributed by atoms with E-state index in [1.165, 1.54) is 4.90 Å². The van der Waals surface area contributed by atoms with E-state index in [-0.39, 0.29) is 24.4 Å². The lowest BCUT2D eigenvalue weighted by atomic mass is 10.1. The molecule has 5 nitrogen and oxygen atoms in total. The molecule has 1 aliphatic heterocycles. The van der Waals surface area contributed by atoms with Crippen LogP contribution in [-0.4, -0.2) is 43.9 Å². The molecule has 0 radical (unpaired) electrons. The lowest BCUT2D eigenvalue weighted by molar-refractivity contribution is -0.125. The number of ether oxygens (including phenoxy) is 1. The van der Waals surface area contributed by atoms with Crippen LogP contribution in [0.25, 0.3) is 0 Å². The van der Waals surface area contributed by atoms with Gasteiger partial charge >= 0.3 is 0 Å². The number of benzene rings is 1. The third-order valence-corrected chi connectivity index (χ3v) is 3.32. The summed E-state index contributed by atoms with van der Waals surface area (Å²) in [4.78, 5) is 13.5. The van der Waals surface area contributed by atoms with Crippen LogP contribution in [0.5, 0.6) is 5.75 Å². The molecule has 0 saturated carbocycles. The highest BCUT2D eigenvalue weighted by molar-refractivity contribution is 5.93. The Hall–Kier alpha value is -1.59. The second kappa shape index (κ2) is 6.54. The summed E-state index contributed by atoms with van der Waals surface area (Å²) >= 11 is 0. The fourth-order valence-electron chi connectivity index (χ4n) is 2.09. The molecule has 0 spiro atoms. The number of phenols is 1. The van der Waals surface area contributed by atoms with Crippen molar-refractivity contribution in [2.45, 2.75) is 18.9 Å². The molecule has 1 aromatic rings. The van der Waals surface area contributed by atoms with Gasteiger partial charge in [-0.25, -0.2) is 0 Å². The second-order valence-corrected chi connectivity index (χ2v) is 4.73. The van der Waals surface area contributed by atoms with Gasteiger partial charge in [-0.1, -0.05) is 6.07 Å². The van der Waals surface area contributed by atoms with Gasteiger partial charge < -0.3 is 20.1 Å². The molecule has 1 saturated heterocycles. The third kappa shape index (κ3) is 3.94. The number of likely N-dealkylation sites (N-methyl/N-ethyl adjacent to an activating group) is 1. The van der Waals surface area contributed by atoms with Crippen molar-refractivity contribution in [3.63, 3.8) is 0 Å². The van der Waals surface area contributed by atoms with Crippen LogP contribution in [0.2, 0.25) is 0 Å². The first-order valence-electron chi connectivity index (χ1n) is 6.55. The van der Waals surface area contributed by atoms with Gasteiger partial charge in [-0.15, -0.1) is 0 Å². The number of piperidine rings is 1. The first-order chi connectivity index (χ1) is 9.16.